The predicted molar refractivity (Wildman–Crippen MR) is 131 cm³/mol. The van der Waals surface area contributed by atoms with Gasteiger partial charge in [0, 0.05) is 6.04 Å². The number of fused-ring (bicyclic) bond motifs is 1. The van der Waals surface area contributed by atoms with Crippen molar-refractivity contribution in [1.82, 2.24) is 0 Å². The second kappa shape index (κ2) is 9.61. The van der Waals surface area contributed by atoms with Gasteiger partial charge in [-0.25, -0.2) is 0 Å². The van der Waals surface area contributed by atoms with E-state index < -0.39 is 11.4 Å². The molecule has 1 aliphatic heterocycles. The van der Waals surface area contributed by atoms with Crippen molar-refractivity contribution < 1.29 is 18.9 Å². The summed E-state index contributed by atoms with van der Waals surface area (Å²) >= 11 is 0. The zero-order chi connectivity index (χ0) is 23.6. The molecule has 5 heteroatoms. The van der Waals surface area contributed by atoms with E-state index in [4.69, 9.17) is 24.7 Å². The minimum atomic E-state index is -0.753. The van der Waals surface area contributed by atoms with Gasteiger partial charge in [0.1, 0.15) is 17.8 Å². The van der Waals surface area contributed by atoms with Crippen LogP contribution in [-0.2, 0) is 24.5 Å². The van der Waals surface area contributed by atoms with Crippen molar-refractivity contribution in [2.75, 3.05) is 13.2 Å². The molecule has 4 atom stereocenters. The molecule has 0 unspecified atom stereocenters. The molecule has 3 aromatic rings. The molecule has 178 valence electrons. The first-order valence-corrected chi connectivity index (χ1v) is 12.0. The van der Waals surface area contributed by atoms with Gasteiger partial charge in [-0.3, -0.25) is 0 Å². The summed E-state index contributed by atoms with van der Waals surface area (Å²) in [5.74, 6) is -0.630. The van der Waals surface area contributed by atoms with Crippen LogP contribution in [0.1, 0.15) is 37.0 Å². The molecule has 2 aliphatic rings. The van der Waals surface area contributed by atoms with Gasteiger partial charge in [0.05, 0.1) is 19.3 Å². The first-order chi connectivity index (χ1) is 16.5. The van der Waals surface area contributed by atoms with E-state index in [1.54, 1.807) is 0 Å². The van der Waals surface area contributed by atoms with Crippen molar-refractivity contribution in [3.63, 3.8) is 0 Å². The fraction of sp³-hybridized carbons (Fsp3) is 0.379. The number of hydrogen-bond donors (Lipinski definition) is 1. The van der Waals surface area contributed by atoms with Crippen LogP contribution in [0.15, 0.2) is 91.0 Å². The predicted octanol–water partition coefficient (Wildman–Crippen LogP) is 4.63. The van der Waals surface area contributed by atoms with Crippen molar-refractivity contribution in [1.29, 1.82) is 0 Å². The Balaban J connectivity index is 1.38. The Morgan fingerprint density at radius 3 is 1.74 bits per heavy atom. The summed E-state index contributed by atoms with van der Waals surface area (Å²) in [6.45, 7) is 4.68. The van der Waals surface area contributed by atoms with Gasteiger partial charge in [-0.05, 0) is 37.0 Å². The Hall–Kier alpha value is -2.54. The Bertz CT molecular complexity index is 961. The lowest BCUT2D eigenvalue weighted by molar-refractivity contribution is -0.169. The van der Waals surface area contributed by atoms with E-state index in [-0.39, 0.29) is 24.4 Å². The van der Waals surface area contributed by atoms with Gasteiger partial charge in [0.25, 0.3) is 0 Å². The van der Waals surface area contributed by atoms with E-state index in [0.717, 1.165) is 16.7 Å². The quantitative estimate of drug-likeness (QED) is 0.393. The maximum atomic E-state index is 6.80. The van der Waals surface area contributed by atoms with Crippen molar-refractivity contribution in [2.45, 2.75) is 56.0 Å². The summed E-state index contributed by atoms with van der Waals surface area (Å²) in [5.41, 5.74) is 8.78. The third-order valence-corrected chi connectivity index (χ3v) is 6.73. The van der Waals surface area contributed by atoms with Crippen LogP contribution in [0.2, 0.25) is 0 Å². The molecule has 1 aliphatic carbocycles. The van der Waals surface area contributed by atoms with E-state index in [2.05, 4.69) is 72.8 Å². The molecular formula is C29H33NO4. The third-order valence-electron chi connectivity index (χ3n) is 6.73. The summed E-state index contributed by atoms with van der Waals surface area (Å²) in [4.78, 5) is 0. The lowest BCUT2D eigenvalue weighted by atomic mass is 9.80. The maximum Gasteiger partial charge on any atom is 0.163 e. The largest absolute Gasteiger partial charge is 0.373 e. The monoisotopic (exact) mass is 459 g/mol. The van der Waals surface area contributed by atoms with Crippen LogP contribution >= 0.6 is 0 Å². The zero-order valence-electron chi connectivity index (χ0n) is 19.8. The molecular weight excluding hydrogens is 426 g/mol. The molecule has 3 aromatic carbocycles. The van der Waals surface area contributed by atoms with Gasteiger partial charge in [0.2, 0.25) is 0 Å². The second-order valence-electron chi connectivity index (χ2n) is 9.50. The average molecular weight is 460 g/mol. The zero-order valence-corrected chi connectivity index (χ0v) is 19.8. The first kappa shape index (κ1) is 23.2. The lowest BCUT2D eigenvalue weighted by Crippen LogP contribution is -2.36. The van der Waals surface area contributed by atoms with Gasteiger partial charge in [-0.15, -0.1) is 0 Å². The van der Waals surface area contributed by atoms with Crippen LogP contribution in [0.4, 0.5) is 0 Å². The first-order valence-electron chi connectivity index (χ1n) is 12.0. The van der Waals surface area contributed by atoms with Crippen molar-refractivity contribution in [2.24, 2.45) is 5.73 Å². The molecule has 1 saturated heterocycles. The van der Waals surface area contributed by atoms with Crippen molar-refractivity contribution in [3.05, 3.63) is 108 Å². The van der Waals surface area contributed by atoms with E-state index in [1.165, 1.54) is 0 Å². The normalized spacial score (nSPS) is 25.9. The molecule has 0 bridgehead atoms. The molecule has 2 N–H and O–H groups in total. The van der Waals surface area contributed by atoms with E-state index in [9.17, 15) is 0 Å². The smallest absolute Gasteiger partial charge is 0.163 e. The number of nitrogens with two attached hydrogens (primary N) is 1. The number of ether oxygens (including phenoxy) is 4. The fourth-order valence-electron chi connectivity index (χ4n) is 5.30. The van der Waals surface area contributed by atoms with Gasteiger partial charge in [-0.1, -0.05) is 91.0 Å². The molecule has 0 amide bonds. The average Bonchev–Trinajstić information content (AvgIpc) is 3.34. The molecule has 2 fully saturated rings. The van der Waals surface area contributed by atoms with Crippen LogP contribution in [0.5, 0.6) is 0 Å². The Morgan fingerprint density at radius 1 is 0.765 bits per heavy atom. The Labute approximate surface area is 201 Å². The van der Waals surface area contributed by atoms with Gasteiger partial charge in [-0.2, -0.15) is 0 Å². The summed E-state index contributed by atoms with van der Waals surface area (Å²) in [6.07, 6.45) is 0.335. The van der Waals surface area contributed by atoms with Crippen LogP contribution in [0.3, 0.4) is 0 Å². The van der Waals surface area contributed by atoms with Gasteiger partial charge in [0.15, 0.2) is 5.79 Å². The molecule has 0 spiro atoms. The van der Waals surface area contributed by atoms with Crippen LogP contribution in [0.25, 0.3) is 0 Å². The van der Waals surface area contributed by atoms with Crippen LogP contribution in [0, 0.1) is 0 Å². The van der Waals surface area contributed by atoms with Crippen molar-refractivity contribution >= 4 is 0 Å². The highest BCUT2D eigenvalue weighted by molar-refractivity contribution is 5.47. The highest BCUT2D eigenvalue weighted by atomic mass is 16.8. The van der Waals surface area contributed by atoms with E-state index >= 15 is 0 Å². The summed E-state index contributed by atoms with van der Waals surface area (Å²) in [7, 11) is 0. The third kappa shape index (κ3) is 4.42. The minimum Gasteiger partial charge on any atom is -0.373 e. The topological polar surface area (TPSA) is 62.9 Å². The molecule has 0 radical (unpaired) electrons. The standard InChI is InChI=1S/C29H33NO4/c1-28(2)33-26-24(30)20-25(27(26)34-28)31-18-19-32-29(21-12-6-3-7-13-21,22-14-8-4-9-15-22)23-16-10-5-11-17-23/h3-17,24-27H,18-20,30H2,1-2H3/t24-,25+,26+,27-/m1/s1. The van der Waals surface area contributed by atoms with Gasteiger partial charge >= 0.3 is 0 Å². The number of hydrogen-bond acceptors (Lipinski definition) is 5. The molecule has 5 nitrogen and oxygen atoms in total. The molecule has 1 heterocycles. The van der Waals surface area contributed by atoms with Crippen LogP contribution in [-0.4, -0.2) is 43.4 Å². The highest BCUT2D eigenvalue weighted by Crippen LogP contribution is 2.41. The van der Waals surface area contributed by atoms with E-state index in [0.29, 0.717) is 19.6 Å². The molecule has 0 aromatic heterocycles. The summed E-state index contributed by atoms with van der Waals surface area (Å²) < 4.78 is 25.2. The lowest BCUT2D eigenvalue weighted by Gasteiger charge is -2.36. The maximum absolute atomic E-state index is 6.80. The van der Waals surface area contributed by atoms with Crippen molar-refractivity contribution in [3.8, 4) is 0 Å². The summed E-state index contributed by atoms with van der Waals surface area (Å²) in [5, 5.41) is 0. The fourth-order valence-corrected chi connectivity index (χ4v) is 5.30. The number of benzene rings is 3. The highest BCUT2D eigenvalue weighted by Gasteiger charge is 2.53. The molecule has 34 heavy (non-hydrogen) atoms. The SMILES string of the molecule is CC1(C)O[C@@H]2[C@H](O1)[C@@H](OCCOC(c1ccccc1)(c1ccccc1)c1ccccc1)C[C@H]2N. The number of rotatable bonds is 8. The summed E-state index contributed by atoms with van der Waals surface area (Å²) in [6, 6.07) is 31.0. The van der Waals surface area contributed by atoms with Gasteiger partial charge < -0.3 is 24.7 Å². The molecule has 5 rings (SSSR count). The minimum absolute atomic E-state index is 0.0882. The van der Waals surface area contributed by atoms with E-state index in [1.807, 2.05) is 32.0 Å². The second-order valence-corrected chi connectivity index (χ2v) is 9.50. The molecule has 1 saturated carbocycles. The van der Waals surface area contributed by atoms with Crippen LogP contribution < -0.4 is 5.73 Å². The Kier molecular flexibility index (Phi) is 6.56. The Morgan fingerprint density at radius 2 is 1.24 bits per heavy atom.